The van der Waals surface area contributed by atoms with Gasteiger partial charge in [0.25, 0.3) is 5.91 Å². The van der Waals surface area contributed by atoms with Gasteiger partial charge >= 0.3 is 0 Å². The number of aromatic nitrogens is 2. The summed E-state index contributed by atoms with van der Waals surface area (Å²) in [7, 11) is 0. The Morgan fingerprint density at radius 2 is 2.23 bits per heavy atom. The maximum Gasteiger partial charge on any atom is 0.254 e. The van der Waals surface area contributed by atoms with Crippen molar-refractivity contribution in [3.63, 3.8) is 0 Å². The molecule has 26 heavy (non-hydrogen) atoms. The maximum absolute atomic E-state index is 12.5. The molecule has 7 nitrogen and oxygen atoms in total. The number of phenols is 1. The highest BCUT2D eigenvalue weighted by Crippen LogP contribution is 2.36. The number of rotatable bonds is 3. The van der Waals surface area contributed by atoms with E-state index in [-0.39, 0.29) is 23.4 Å². The van der Waals surface area contributed by atoms with Crippen LogP contribution >= 0.6 is 0 Å². The van der Waals surface area contributed by atoms with Gasteiger partial charge in [-0.1, -0.05) is 6.07 Å². The Bertz CT molecular complexity index is 820. The van der Waals surface area contributed by atoms with Gasteiger partial charge in [-0.25, -0.2) is 4.98 Å². The molecule has 1 spiro atoms. The van der Waals surface area contributed by atoms with Gasteiger partial charge in [0, 0.05) is 24.6 Å². The second kappa shape index (κ2) is 6.57. The van der Waals surface area contributed by atoms with Crippen LogP contribution in [0, 0.1) is 6.92 Å². The first-order valence-electron chi connectivity index (χ1n) is 8.71. The molecule has 1 amide bonds. The van der Waals surface area contributed by atoms with Gasteiger partial charge in [-0.2, -0.15) is 0 Å². The van der Waals surface area contributed by atoms with E-state index in [0.717, 1.165) is 12.1 Å². The second-order valence-corrected chi connectivity index (χ2v) is 6.97. The van der Waals surface area contributed by atoms with Gasteiger partial charge in [0.1, 0.15) is 17.5 Å². The Morgan fingerprint density at radius 3 is 3.00 bits per heavy atom. The summed E-state index contributed by atoms with van der Waals surface area (Å²) in [6.07, 6.45) is 4.81. The lowest BCUT2D eigenvalue weighted by molar-refractivity contribution is -0.174. The molecule has 2 aliphatic heterocycles. The zero-order chi connectivity index (χ0) is 18.1. The lowest BCUT2D eigenvalue weighted by Gasteiger charge is -2.52. The van der Waals surface area contributed by atoms with Gasteiger partial charge in [-0.3, -0.25) is 9.78 Å². The fourth-order valence-electron chi connectivity index (χ4n) is 3.59. The topological polar surface area (TPSA) is 84.8 Å². The molecule has 136 valence electrons. The standard InChI is InChI=1S/C19H21N3O4/c1-13-9-20-10-17(21-13)26-16-5-6-25-19(8-16)11-22(12-19)18(24)14-3-2-4-15(23)7-14/h2-4,7,9-10,16,23H,5-6,8,11-12H2,1H3/t16-/m0/s1. The molecule has 1 N–H and O–H groups in total. The van der Waals surface area contributed by atoms with Gasteiger partial charge in [0.2, 0.25) is 5.88 Å². The van der Waals surface area contributed by atoms with Crippen molar-refractivity contribution in [3.05, 3.63) is 47.9 Å². The highest BCUT2D eigenvalue weighted by molar-refractivity contribution is 5.95. The molecule has 2 aromatic rings. The van der Waals surface area contributed by atoms with Crippen LogP contribution in [0.15, 0.2) is 36.7 Å². The van der Waals surface area contributed by atoms with Gasteiger partial charge in [-0.15, -0.1) is 0 Å². The number of hydrogen-bond acceptors (Lipinski definition) is 6. The van der Waals surface area contributed by atoms with Crippen molar-refractivity contribution < 1.29 is 19.4 Å². The third kappa shape index (κ3) is 3.35. The molecule has 1 aromatic heterocycles. The largest absolute Gasteiger partial charge is 0.508 e. The number of aryl methyl sites for hydroxylation is 1. The molecule has 1 atom stereocenters. The van der Waals surface area contributed by atoms with Crippen LogP contribution in [0.3, 0.4) is 0 Å². The predicted molar refractivity (Wildman–Crippen MR) is 93.1 cm³/mol. The van der Waals surface area contributed by atoms with Crippen molar-refractivity contribution >= 4 is 5.91 Å². The van der Waals surface area contributed by atoms with E-state index in [1.807, 2.05) is 6.92 Å². The minimum absolute atomic E-state index is 0.00197. The SMILES string of the molecule is Cc1cncc(O[C@H]2CCOC3(C2)CN(C(=O)c2cccc(O)c2)C3)n1. The normalized spacial score (nSPS) is 21.3. The van der Waals surface area contributed by atoms with E-state index in [4.69, 9.17) is 9.47 Å². The average molecular weight is 355 g/mol. The van der Waals surface area contributed by atoms with Crippen LogP contribution in [-0.4, -0.2) is 57.3 Å². The molecule has 0 saturated carbocycles. The Morgan fingerprint density at radius 1 is 1.38 bits per heavy atom. The van der Waals surface area contributed by atoms with E-state index in [2.05, 4.69) is 9.97 Å². The van der Waals surface area contributed by atoms with Crippen molar-refractivity contribution in [2.45, 2.75) is 31.5 Å². The number of benzene rings is 1. The molecule has 2 saturated heterocycles. The molecule has 2 fully saturated rings. The third-order valence-electron chi connectivity index (χ3n) is 4.81. The minimum atomic E-state index is -0.355. The van der Waals surface area contributed by atoms with E-state index in [0.29, 0.717) is 37.6 Å². The number of phenolic OH excluding ortho intramolecular Hbond substituents is 1. The molecule has 0 radical (unpaired) electrons. The molecule has 0 aliphatic carbocycles. The number of hydrogen-bond donors (Lipinski definition) is 1. The summed E-state index contributed by atoms with van der Waals surface area (Å²) >= 11 is 0. The van der Waals surface area contributed by atoms with E-state index >= 15 is 0 Å². The van der Waals surface area contributed by atoms with Crippen molar-refractivity contribution in [1.29, 1.82) is 0 Å². The van der Waals surface area contributed by atoms with Crippen LogP contribution in [0.5, 0.6) is 11.6 Å². The predicted octanol–water partition coefficient (Wildman–Crippen LogP) is 1.94. The molecular formula is C19H21N3O4. The summed E-state index contributed by atoms with van der Waals surface area (Å²) in [5, 5.41) is 9.55. The van der Waals surface area contributed by atoms with E-state index in [9.17, 15) is 9.90 Å². The third-order valence-corrected chi connectivity index (χ3v) is 4.81. The Hall–Kier alpha value is -2.67. The number of aromatic hydroxyl groups is 1. The number of likely N-dealkylation sites (tertiary alicyclic amines) is 1. The van der Waals surface area contributed by atoms with Crippen LogP contribution in [0.4, 0.5) is 0 Å². The van der Waals surface area contributed by atoms with Gasteiger partial charge in [-0.05, 0) is 25.1 Å². The smallest absolute Gasteiger partial charge is 0.254 e. The molecular weight excluding hydrogens is 334 g/mol. The first-order chi connectivity index (χ1) is 12.5. The molecule has 1 aromatic carbocycles. The van der Waals surface area contributed by atoms with Crippen LogP contribution < -0.4 is 4.74 Å². The van der Waals surface area contributed by atoms with E-state index < -0.39 is 0 Å². The van der Waals surface area contributed by atoms with Crippen LogP contribution in [0.25, 0.3) is 0 Å². The van der Waals surface area contributed by atoms with E-state index in [1.165, 1.54) is 6.07 Å². The number of amides is 1. The minimum Gasteiger partial charge on any atom is -0.508 e. The Labute approximate surface area is 151 Å². The first kappa shape index (κ1) is 16.8. The van der Waals surface area contributed by atoms with Crippen molar-refractivity contribution in [2.24, 2.45) is 0 Å². The summed E-state index contributed by atoms with van der Waals surface area (Å²) in [5.41, 5.74) is 0.946. The Kier molecular flexibility index (Phi) is 4.24. The summed E-state index contributed by atoms with van der Waals surface area (Å²) < 4.78 is 11.9. The molecule has 2 aliphatic rings. The van der Waals surface area contributed by atoms with Gasteiger partial charge < -0.3 is 19.5 Å². The molecule has 0 unspecified atom stereocenters. The quantitative estimate of drug-likeness (QED) is 0.906. The van der Waals surface area contributed by atoms with Crippen molar-refractivity contribution in [1.82, 2.24) is 14.9 Å². The Balaban J connectivity index is 1.37. The fraction of sp³-hybridized carbons (Fsp3) is 0.421. The average Bonchev–Trinajstić information content (AvgIpc) is 2.59. The zero-order valence-electron chi connectivity index (χ0n) is 14.6. The first-order valence-corrected chi connectivity index (χ1v) is 8.71. The fourth-order valence-corrected chi connectivity index (χ4v) is 3.59. The number of carbonyl (C=O) groups is 1. The van der Waals surface area contributed by atoms with Crippen LogP contribution in [0.2, 0.25) is 0 Å². The maximum atomic E-state index is 12.5. The van der Waals surface area contributed by atoms with Crippen LogP contribution in [-0.2, 0) is 4.74 Å². The van der Waals surface area contributed by atoms with Crippen molar-refractivity contribution in [3.8, 4) is 11.6 Å². The number of nitrogens with zero attached hydrogens (tertiary/aromatic N) is 3. The molecule has 4 rings (SSSR count). The van der Waals surface area contributed by atoms with Crippen LogP contribution in [0.1, 0.15) is 28.9 Å². The zero-order valence-corrected chi connectivity index (χ0v) is 14.6. The lowest BCUT2D eigenvalue weighted by Crippen LogP contribution is -2.67. The van der Waals surface area contributed by atoms with E-state index in [1.54, 1.807) is 35.5 Å². The number of carbonyl (C=O) groups excluding carboxylic acids is 1. The van der Waals surface area contributed by atoms with Gasteiger partial charge in [0.15, 0.2) is 0 Å². The van der Waals surface area contributed by atoms with Gasteiger partial charge in [0.05, 0.1) is 31.6 Å². The highest BCUT2D eigenvalue weighted by atomic mass is 16.5. The number of ether oxygens (including phenoxy) is 2. The second-order valence-electron chi connectivity index (χ2n) is 6.97. The summed E-state index contributed by atoms with van der Waals surface area (Å²) in [5.74, 6) is 0.523. The monoisotopic (exact) mass is 355 g/mol. The summed E-state index contributed by atoms with van der Waals surface area (Å²) in [4.78, 5) is 22.7. The molecule has 3 heterocycles. The summed E-state index contributed by atoms with van der Waals surface area (Å²) in [6.45, 7) is 3.53. The lowest BCUT2D eigenvalue weighted by atomic mass is 9.84. The van der Waals surface area contributed by atoms with Crippen molar-refractivity contribution in [2.75, 3.05) is 19.7 Å². The highest BCUT2D eigenvalue weighted by Gasteiger charge is 2.50. The molecule has 7 heteroatoms. The molecule has 0 bridgehead atoms. The summed E-state index contributed by atoms with van der Waals surface area (Å²) in [6, 6.07) is 6.41.